The van der Waals surface area contributed by atoms with Crippen molar-refractivity contribution in [3.63, 3.8) is 0 Å². The van der Waals surface area contributed by atoms with E-state index in [-0.39, 0.29) is 5.78 Å². The monoisotopic (exact) mass is 349 g/mol. The van der Waals surface area contributed by atoms with E-state index in [2.05, 4.69) is 12.2 Å². The highest BCUT2D eigenvalue weighted by molar-refractivity contribution is 7.99. The molecule has 7 heteroatoms. The fourth-order valence-corrected chi connectivity index (χ4v) is 2.46. The fraction of sp³-hybridized carbons (Fsp3) is 0.429. The van der Waals surface area contributed by atoms with Gasteiger partial charge in [-0.1, -0.05) is 42.3 Å². The number of thioether (sulfide) groups is 1. The Morgan fingerprint density at radius 2 is 1.90 bits per heavy atom. The summed E-state index contributed by atoms with van der Waals surface area (Å²) in [4.78, 5) is 23.4. The summed E-state index contributed by atoms with van der Waals surface area (Å²) in [6.45, 7) is 1.58. The number of rotatable bonds is 8. The van der Waals surface area contributed by atoms with Crippen molar-refractivity contribution < 1.29 is 14.7 Å². The molecule has 0 aliphatic rings. The number of nitrogens with one attached hydrogen (secondary N) is 1. The molecule has 0 saturated carbocycles. The van der Waals surface area contributed by atoms with Crippen molar-refractivity contribution in [2.75, 3.05) is 12.4 Å². The first-order chi connectivity index (χ1) is 9.99. The zero-order valence-electron chi connectivity index (χ0n) is 11.5. The standard InChI is InChI=1S/C14H17Cl2NO3S/c1-2-7-21-10-5-3-9(4-6-10)12(19)11(8-18)17-14(20)13(15)16/h3-6,11,13,18H,2,7-8H2,1H3,(H,17,20)/t11-/m0/s1. The predicted molar refractivity (Wildman–Crippen MR) is 86.3 cm³/mol. The molecule has 21 heavy (non-hydrogen) atoms. The number of Topliss-reactive ketones (excluding diaryl/α,β-unsaturated/α-hetero) is 1. The van der Waals surface area contributed by atoms with E-state index in [4.69, 9.17) is 23.2 Å². The third kappa shape index (κ3) is 5.87. The number of hydrogen-bond donors (Lipinski definition) is 2. The Kier molecular flexibility index (Phi) is 8.11. The molecule has 0 aliphatic carbocycles. The van der Waals surface area contributed by atoms with Crippen LogP contribution in [0.2, 0.25) is 0 Å². The van der Waals surface area contributed by atoms with Gasteiger partial charge in [0, 0.05) is 10.5 Å². The summed E-state index contributed by atoms with van der Waals surface area (Å²) in [7, 11) is 0. The second kappa shape index (κ2) is 9.30. The molecule has 0 spiro atoms. The van der Waals surface area contributed by atoms with Gasteiger partial charge in [-0.2, -0.15) is 0 Å². The van der Waals surface area contributed by atoms with Crippen molar-refractivity contribution in [1.82, 2.24) is 5.32 Å². The number of aliphatic hydroxyl groups excluding tert-OH is 1. The molecule has 2 N–H and O–H groups in total. The summed E-state index contributed by atoms with van der Waals surface area (Å²) < 4.78 is 0. The Morgan fingerprint density at radius 3 is 2.38 bits per heavy atom. The van der Waals surface area contributed by atoms with E-state index in [0.717, 1.165) is 17.1 Å². The number of halogens is 2. The van der Waals surface area contributed by atoms with Crippen molar-refractivity contribution in [1.29, 1.82) is 0 Å². The van der Waals surface area contributed by atoms with Crippen LogP contribution in [0.15, 0.2) is 29.2 Å². The average molecular weight is 350 g/mol. The molecule has 1 aromatic carbocycles. The zero-order valence-corrected chi connectivity index (χ0v) is 13.8. The Balaban J connectivity index is 2.73. The highest BCUT2D eigenvalue weighted by Gasteiger charge is 2.23. The normalized spacial score (nSPS) is 12.2. The van der Waals surface area contributed by atoms with Crippen LogP contribution in [0.1, 0.15) is 23.7 Å². The summed E-state index contributed by atoms with van der Waals surface area (Å²) in [5.74, 6) is -0.0807. The number of ketones is 1. The lowest BCUT2D eigenvalue weighted by molar-refractivity contribution is -0.120. The van der Waals surface area contributed by atoms with Crippen LogP contribution in [0.25, 0.3) is 0 Å². The van der Waals surface area contributed by atoms with Gasteiger partial charge in [0.2, 0.25) is 0 Å². The Labute approximate surface area is 138 Å². The minimum absolute atomic E-state index is 0.383. The molecule has 0 aliphatic heterocycles. The molecule has 1 atom stereocenters. The number of carbonyl (C=O) groups is 2. The van der Waals surface area contributed by atoms with E-state index in [1.807, 2.05) is 12.1 Å². The van der Waals surface area contributed by atoms with Gasteiger partial charge < -0.3 is 10.4 Å². The number of amides is 1. The number of aliphatic hydroxyl groups is 1. The van der Waals surface area contributed by atoms with E-state index in [9.17, 15) is 14.7 Å². The zero-order chi connectivity index (χ0) is 15.8. The van der Waals surface area contributed by atoms with Crippen LogP contribution >= 0.6 is 35.0 Å². The average Bonchev–Trinajstić information content (AvgIpc) is 2.50. The van der Waals surface area contributed by atoms with Gasteiger partial charge in [-0.05, 0) is 24.3 Å². The summed E-state index contributed by atoms with van der Waals surface area (Å²) in [6.07, 6.45) is 1.07. The molecular formula is C14H17Cl2NO3S. The first-order valence-electron chi connectivity index (χ1n) is 6.46. The Hall–Kier alpha value is -0.750. The molecule has 1 aromatic rings. The Bertz CT molecular complexity index is 480. The molecule has 4 nitrogen and oxygen atoms in total. The van der Waals surface area contributed by atoms with E-state index in [1.165, 1.54) is 0 Å². The SMILES string of the molecule is CCCSc1ccc(C(=O)[C@H](CO)NC(=O)C(Cl)Cl)cc1. The van der Waals surface area contributed by atoms with Crippen molar-refractivity contribution in [2.24, 2.45) is 0 Å². The maximum atomic E-state index is 12.2. The maximum Gasteiger partial charge on any atom is 0.253 e. The fourth-order valence-electron chi connectivity index (χ4n) is 1.57. The quantitative estimate of drug-likeness (QED) is 0.430. The van der Waals surface area contributed by atoms with Crippen LogP contribution in [-0.2, 0) is 4.79 Å². The van der Waals surface area contributed by atoms with Crippen molar-refractivity contribution in [3.8, 4) is 0 Å². The number of benzene rings is 1. The van der Waals surface area contributed by atoms with Gasteiger partial charge in [-0.3, -0.25) is 9.59 Å². The van der Waals surface area contributed by atoms with E-state index < -0.39 is 23.4 Å². The number of carbonyl (C=O) groups excluding carboxylic acids is 2. The number of alkyl halides is 2. The van der Waals surface area contributed by atoms with E-state index in [1.54, 1.807) is 23.9 Å². The predicted octanol–water partition coefficient (Wildman–Crippen LogP) is 2.65. The Morgan fingerprint density at radius 1 is 1.29 bits per heavy atom. The van der Waals surface area contributed by atoms with E-state index in [0.29, 0.717) is 5.56 Å². The molecule has 0 heterocycles. The van der Waals surface area contributed by atoms with Crippen molar-refractivity contribution >= 4 is 46.7 Å². The van der Waals surface area contributed by atoms with Crippen LogP contribution in [0, 0.1) is 0 Å². The maximum absolute atomic E-state index is 12.2. The number of hydrogen-bond acceptors (Lipinski definition) is 4. The molecular weight excluding hydrogens is 333 g/mol. The van der Waals surface area contributed by atoms with Gasteiger partial charge in [0.25, 0.3) is 5.91 Å². The highest BCUT2D eigenvalue weighted by atomic mass is 35.5. The smallest absolute Gasteiger partial charge is 0.253 e. The van der Waals surface area contributed by atoms with Crippen molar-refractivity contribution in [3.05, 3.63) is 29.8 Å². The highest BCUT2D eigenvalue weighted by Crippen LogP contribution is 2.19. The summed E-state index contributed by atoms with van der Waals surface area (Å²) in [5, 5.41) is 11.5. The minimum Gasteiger partial charge on any atom is -0.394 e. The molecule has 0 saturated heterocycles. The lowest BCUT2D eigenvalue weighted by Crippen LogP contribution is -2.45. The summed E-state index contributed by atoms with van der Waals surface area (Å²) >= 11 is 12.5. The molecule has 1 amide bonds. The molecule has 0 radical (unpaired) electrons. The molecule has 116 valence electrons. The second-order valence-electron chi connectivity index (χ2n) is 4.28. The lowest BCUT2D eigenvalue weighted by Gasteiger charge is -2.15. The summed E-state index contributed by atoms with van der Waals surface area (Å²) in [6, 6.07) is 5.99. The van der Waals surface area contributed by atoms with Gasteiger partial charge in [0.1, 0.15) is 6.04 Å². The minimum atomic E-state index is -1.28. The summed E-state index contributed by atoms with van der Waals surface area (Å²) in [5.41, 5.74) is 0.413. The van der Waals surface area contributed by atoms with Crippen LogP contribution in [-0.4, -0.2) is 40.0 Å². The largest absolute Gasteiger partial charge is 0.394 e. The molecule has 1 rings (SSSR count). The molecule has 0 bridgehead atoms. The van der Waals surface area contributed by atoms with Gasteiger partial charge >= 0.3 is 0 Å². The van der Waals surface area contributed by atoms with Gasteiger partial charge in [0.15, 0.2) is 10.6 Å². The van der Waals surface area contributed by atoms with Crippen LogP contribution in [0.3, 0.4) is 0 Å². The molecule has 0 unspecified atom stereocenters. The third-order valence-corrected chi connectivity index (χ3v) is 4.24. The molecule has 0 aromatic heterocycles. The van der Waals surface area contributed by atoms with Crippen molar-refractivity contribution in [2.45, 2.75) is 29.1 Å². The van der Waals surface area contributed by atoms with Crippen LogP contribution < -0.4 is 5.32 Å². The second-order valence-corrected chi connectivity index (χ2v) is 6.55. The first kappa shape index (κ1) is 18.3. The topological polar surface area (TPSA) is 66.4 Å². The third-order valence-electron chi connectivity index (χ3n) is 2.63. The lowest BCUT2D eigenvalue weighted by atomic mass is 10.0. The molecule has 0 fully saturated rings. The van der Waals surface area contributed by atoms with Gasteiger partial charge in [-0.25, -0.2) is 0 Å². The van der Waals surface area contributed by atoms with Crippen LogP contribution in [0.5, 0.6) is 0 Å². The first-order valence-corrected chi connectivity index (χ1v) is 8.31. The van der Waals surface area contributed by atoms with Gasteiger partial charge in [-0.15, -0.1) is 11.8 Å². The van der Waals surface area contributed by atoms with Crippen LogP contribution in [0.4, 0.5) is 0 Å². The van der Waals surface area contributed by atoms with Gasteiger partial charge in [0.05, 0.1) is 6.61 Å². The van der Waals surface area contributed by atoms with E-state index >= 15 is 0 Å².